The molecule has 5 nitrogen and oxygen atoms in total. The summed E-state index contributed by atoms with van der Waals surface area (Å²) in [5, 5.41) is 0. The van der Waals surface area contributed by atoms with E-state index in [-0.39, 0.29) is 10.3 Å². The van der Waals surface area contributed by atoms with Gasteiger partial charge in [0, 0.05) is 24.8 Å². The number of nitrogens with two attached hydrogens (primary N) is 1. The van der Waals surface area contributed by atoms with E-state index >= 15 is 0 Å². The molecule has 2 N–H and O–H groups in total. The quantitative estimate of drug-likeness (QED) is 0.870. The van der Waals surface area contributed by atoms with Crippen molar-refractivity contribution >= 4 is 15.7 Å². The van der Waals surface area contributed by atoms with E-state index < -0.39 is 10.0 Å². The number of hydrogen-bond acceptors (Lipinski definition) is 4. The van der Waals surface area contributed by atoms with Gasteiger partial charge in [-0.2, -0.15) is 4.31 Å². The van der Waals surface area contributed by atoms with Crippen molar-refractivity contribution in [1.82, 2.24) is 4.31 Å². The first-order valence-corrected chi connectivity index (χ1v) is 8.64. The SMILES string of the molecule is COc1cc(N)ccc1S(=O)(=O)N1CCCC(C)(C)CC1. The van der Waals surface area contributed by atoms with Crippen LogP contribution in [-0.4, -0.2) is 32.9 Å². The summed E-state index contributed by atoms with van der Waals surface area (Å²) in [6.45, 7) is 5.47. The van der Waals surface area contributed by atoms with Crippen LogP contribution in [0.1, 0.15) is 33.1 Å². The molecule has 118 valence electrons. The summed E-state index contributed by atoms with van der Waals surface area (Å²) >= 11 is 0. The standard InChI is InChI=1S/C15H24N2O3S/c1-15(2)7-4-9-17(10-8-15)21(18,19)14-6-5-12(16)11-13(14)20-3/h5-6,11H,4,7-10,16H2,1-3H3. The molecule has 1 aromatic rings. The minimum atomic E-state index is -3.54. The largest absolute Gasteiger partial charge is 0.495 e. The second-order valence-electron chi connectivity index (χ2n) is 6.33. The molecule has 1 aliphatic rings. The minimum Gasteiger partial charge on any atom is -0.495 e. The maximum Gasteiger partial charge on any atom is 0.246 e. The second kappa shape index (κ2) is 5.85. The summed E-state index contributed by atoms with van der Waals surface area (Å²) in [6.07, 6.45) is 2.78. The number of ether oxygens (including phenoxy) is 1. The third-order valence-electron chi connectivity index (χ3n) is 4.10. The topological polar surface area (TPSA) is 72.6 Å². The van der Waals surface area contributed by atoms with Crippen LogP contribution in [-0.2, 0) is 10.0 Å². The number of sulfonamides is 1. The van der Waals surface area contributed by atoms with Crippen LogP contribution < -0.4 is 10.5 Å². The Morgan fingerprint density at radius 3 is 2.62 bits per heavy atom. The van der Waals surface area contributed by atoms with E-state index in [0.717, 1.165) is 19.3 Å². The number of hydrogen-bond donors (Lipinski definition) is 1. The van der Waals surface area contributed by atoms with Crippen LogP contribution in [0.3, 0.4) is 0 Å². The third kappa shape index (κ3) is 3.49. The van der Waals surface area contributed by atoms with Gasteiger partial charge in [0.15, 0.2) is 0 Å². The van der Waals surface area contributed by atoms with Crippen molar-refractivity contribution in [3.63, 3.8) is 0 Å². The highest BCUT2D eigenvalue weighted by Crippen LogP contribution is 2.34. The fourth-order valence-corrected chi connectivity index (χ4v) is 4.29. The molecule has 0 aromatic heterocycles. The lowest BCUT2D eigenvalue weighted by atomic mass is 9.85. The van der Waals surface area contributed by atoms with E-state index in [1.165, 1.54) is 13.2 Å². The Hall–Kier alpha value is -1.27. The van der Waals surface area contributed by atoms with Gasteiger partial charge < -0.3 is 10.5 Å². The lowest BCUT2D eigenvalue weighted by Gasteiger charge is -2.23. The molecule has 0 bridgehead atoms. The van der Waals surface area contributed by atoms with E-state index in [4.69, 9.17) is 10.5 Å². The number of methoxy groups -OCH3 is 1. The maximum absolute atomic E-state index is 12.8. The van der Waals surface area contributed by atoms with Crippen LogP contribution in [0.5, 0.6) is 5.75 Å². The first kappa shape index (κ1) is 16.1. The van der Waals surface area contributed by atoms with Gasteiger partial charge in [-0.05, 0) is 36.8 Å². The number of nitrogens with zero attached hydrogens (tertiary/aromatic N) is 1. The van der Waals surface area contributed by atoms with E-state index in [1.54, 1.807) is 16.4 Å². The predicted octanol–water partition coefficient (Wildman–Crippen LogP) is 2.48. The Kier molecular flexibility index (Phi) is 4.49. The van der Waals surface area contributed by atoms with E-state index in [0.29, 0.717) is 24.5 Å². The van der Waals surface area contributed by atoms with Gasteiger partial charge in [0.2, 0.25) is 10.0 Å². The zero-order valence-electron chi connectivity index (χ0n) is 12.9. The molecule has 0 radical (unpaired) electrons. The Morgan fingerprint density at radius 1 is 1.24 bits per heavy atom. The lowest BCUT2D eigenvalue weighted by molar-refractivity contribution is 0.314. The Morgan fingerprint density at radius 2 is 1.95 bits per heavy atom. The maximum atomic E-state index is 12.8. The molecule has 0 atom stereocenters. The van der Waals surface area contributed by atoms with Gasteiger partial charge in [-0.15, -0.1) is 0 Å². The molecule has 0 spiro atoms. The van der Waals surface area contributed by atoms with Crippen molar-refractivity contribution in [3.05, 3.63) is 18.2 Å². The van der Waals surface area contributed by atoms with Crippen LogP contribution in [0, 0.1) is 5.41 Å². The monoisotopic (exact) mass is 312 g/mol. The molecule has 1 fully saturated rings. The smallest absolute Gasteiger partial charge is 0.246 e. The molecule has 1 saturated heterocycles. The van der Waals surface area contributed by atoms with E-state index in [9.17, 15) is 8.42 Å². The summed E-state index contributed by atoms with van der Waals surface area (Å²) in [5.74, 6) is 0.304. The highest BCUT2D eigenvalue weighted by atomic mass is 32.2. The van der Waals surface area contributed by atoms with Gasteiger partial charge in [-0.25, -0.2) is 8.42 Å². The lowest BCUT2D eigenvalue weighted by Crippen LogP contribution is -2.32. The van der Waals surface area contributed by atoms with Crippen LogP contribution >= 0.6 is 0 Å². The van der Waals surface area contributed by atoms with Gasteiger partial charge in [0.05, 0.1) is 7.11 Å². The van der Waals surface area contributed by atoms with E-state index in [1.807, 2.05) is 0 Å². The van der Waals surface area contributed by atoms with Crippen LogP contribution in [0.2, 0.25) is 0 Å². The Balaban J connectivity index is 2.34. The van der Waals surface area contributed by atoms with Crippen LogP contribution in [0.25, 0.3) is 0 Å². The average Bonchev–Trinajstić information content (AvgIpc) is 2.59. The zero-order chi connectivity index (χ0) is 15.7. The van der Waals surface area contributed by atoms with Crippen molar-refractivity contribution in [1.29, 1.82) is 0 Å². The molecular formula is C15H24N2O3S. The number of benzene rings is 1. The molecule has 21 heavy (non-hydrogen) atoms. The summed E-state index contributed by atoms with van der Waals surface area (Å²) in [6, 6.07) is 4.67. The van der Waals surface area contributed by atoms with Gasteiger partial charge in [0.25, 0.3) is 0 Å². The molecule has 0 saturated carbocycles. The molecule has 0 unspecified atom stereocenters. The van der Waals surface area contributed by atoms with Crippen molar-refractivity contribution in [2.75, 3.05) is 25.9 Å². The number of rotatable bonds is 3. The molecule has 1 aliphatic heterocycles. The van der Waals surface area contributed by atoms with Gasteiger partial charge >= 0.3 is 0 Å². The summed E-state index contributed by atoms with van der Waals surface area (Å²) < 4.78 is 32.4. The van der Waals surface area contributed by atoms with E-state index in [2.05, 4.69) is 13.8 Å². The molecule has 2 rings (SSSR count). The Labute approximate surface area is 127 Å². The highest BCUT2D eigenvalue weighted by Gasteiger charge is 2.32. The number of nitrogen functional groups attached to an aromatic ring is 1. The molecule has 1 heterocycles. The van der Waals surface area contributed by atoms with Gasteiger partial charge in [0.1, 0.15) is 10.6 Å². The number of anilines is 1. The fraction of sp³-hybridized carbons (Fsp3) is 0.600. The van der Waals surface area contributed by atoms with Crippen LogP contribution in [0.15, 0.2) is 23.1 Å². The van der Waals surface area contributed by atoms with Crippen molar-refractivity contribution in [2.45, 2.75) is 38.0 Å². The minimum absolute atomic E-state index is 0.190. The molecule has 0 aliphatic carbocycles. The summed E-state index contributed by atoms with van der Waals surface area (Å²) in [5.41, 5.74) is 6.38. The average molecular weight is 312 g/mol. The molecule has 1 aromatic carbocycles. The Bertz CT molecular complexity index is 611. The normalized spacial score (nSPS) is 20.0. The first-order valence-electron chi connectivity index (χ1n) is 7.20. The molecule has 6 heteroatoms. The summed E-state index contributed by atoms with van der Waals surface area (Å²) in [7, 11) is -2.08. The van der Waals surface area contributed by atoms with Crippen molar-refractivity contribution < 1.29 is 13.2 Å². The van der Waals surface area contributed by atoms with Crippen molar-refractivity contribution in [3.8, 4) is 5.75 Å². The summed E-state index contributed by atoms with van der Waals surface area (Å²) in [4.78, 5) is 0.193. The predicted molar refractivity (Wildman–Crippen MR) is 83.8 cm³/mol. The first-order chi connectivity index (χ1) is 9.76. The van der Waals surface area contributed by atoms with Crippen molar-refractivity contribution in [2.24, 2.45) is 5.41 Å². The highest BCUT2D eigenvalue weighted by molar-refractivity contribution is 7.89. The van der Waals surface area contributed by atoms with Gasteiger partial charge in [-0.3, -0.25) is 0 Å². The molecular weight excluding hydrogens is 288 g/mol. The van der Waals surface area contributed by atoms with Crippen LogP contribution in [0.4, 0.5) is 5.69 Å². The second-order valence-corrected chi connectivity index (χ2v) is 8.24. The van der Waals surface area contributed by atoms with Gasteiger partial charge in [-0.1, -0.05) is 13.8 Å². The third-order valence-corrected chi connectivity index (χ3v) is 6.04. The zero-order valence-corrected chi connectivity index (χ0v) is 13.7. The fourth-order valence-electron chi connectivity index (χ4n) is 2.67. The molecule has 0 amide bonds.